The molecular weight excluding hydrogens is 1900 g/mol. The Balaban J connectivity index is 0.000000110. The highest BCUT2D eigenvalue weighted by Gasteiger charge is 2.55. The van der Waals surface area contributed by atoms with Crippen molar-refractivity contribution in [3.8, 4) is 42.2 Å². The third kappa shape index (κ3) is 18.5. The average Bonchev–Trinajstić information content (AvgIpc) is 1.59. The van der Waals surface area contributed by atoms with Crippen molar-refractivity contribution in [2.45, 2.75) is 121 Å². The Hall–Kier alpha value is -15.4. The summed E-state index contributed by atoms with van der Waals surface area (Å²) in [4.78, 5) is 156. The van der Waals surface area contributed by atoms with Gasteiger partial charge in [-0.3, -0.25) is 79.6 Å². The van der Waals surface area contributed by atoms with Crippen LogP contribution in [0.3, 0.4) is 0 Å². The molecule has 0 atom stereocenters. The van der Waals surface area contributed by atoms with E-state index in [0.29, 0.717) is 49.8 Å². The van der Waals surface area contributed by atoms with Gasteiger partial charge in [-0.15, -0.1) is 45.3 Å². The summed E-state index contributed by atoms with van der Waals surface area (Å²) in [6.07, 6.45) is 27.5. The van der Waals surface area contributed by atoms with E-state index in [0.717, 1.165) is 238 Å². The van der Waals surface area contributed by atoms with Crippen molar-refractivity contribution in [2.24, 2.45) is 26.7 Å². The van der Waals surface area contributed by atoms with Crippen molar-refractivity contribution in [3.63, 3.8) is 0 Å². The first-order valence-electron chi connectivity index (χ1n) is 48.6. The van der Waals surface area contributed by atoms with Crippen molar-refractivity contribution in [2.75, 3.05) is 73.6 Å². The number of para-hydroxylation sites is 6. The second kappa shape index (κ2) is 39.0. The van der Waals surface area contributed by atoms with E-state index in [2.05, 4.69) is 103 Å². The molecule has 31 nitrogen and oxygen atoms in total. The fourth-order valence-electron chi connectivity index (χ4n) is 22.8. The van der Waals surface area contributed by atoms with Crippen molar-refractivity contribution in [3.05, 3.63) is 300 Å². The van der Waals surface area contributed by atoms with Crippen LogP contribution >= 0.6 is 45.3 Å². The summed E-state index contributed by atoms with van der Waals surface area (Å²) in [7, 11) is 0. The lowest BCUT2D eigenvalue weighted by Crippen LogP contribution is -2.42. The molecule has 12 aromatic heterocycles. The van der Waals surface area contributed by atoms with Crippen LogP contribution in [0.4, 0.5) is 23.8 Å². The van der Waals surface area contributed by atoms with E-state index < -0.39 is 0 Å². The molecule has 4 aliphatic carbocycles. The standard InChI is InChI=1S/C29H26N6O2S.C27H26N6O2S.C27H25N5O2S.C27H26N4O4S/c1-2-26(36)34-12-10-29(17-34)13-18(14-29)35-23-6-4-3-5-21(23)32-28(35)33-27(37)25-8-7-24(38-25)19-9-11-31-22-16-30-15-20(19)22;1-3-24(34)32-11-10-27(16-32)12-18(13-27)33-21-7-5-4-6-19(21)30-26(33)31-25(35)23-9-8-22(36-23)20-15-28-14-17(2)29-20;1-2-24(33)31-14-12-27(17-31)15-18(16-27)32-21-9-4-3-7-19(21)29-26(32)30-25(34)23-11-10-22(35-23)20-8-5-6-13-28-20;1-2-24(33)30-10-9-27(16-30)13-18(14-27)31-20-12-17(15-32)5-6-19(20)28-26(31)29-25(34)23-8-7-22(36-23)21-4-3-11-35-21/h2-9,11,15,18H,1,10,12-14,16-17H2,(H,32,33,37);3-9,14-15,18H,1,10-13,16H2,2H3,(H,30,31,35);2-11,13,18H,1,12,14-17H2,(H,29,30,34);2-8,11-12,18,32H,1,9-10,13-16H2,(H,28,29,34). The third-order valence-corrected chi connectivity index (χ3v) is 34.4. The Morgan fingerprint density at radius 1 is 0.414 bits per heavy atom. The number of carbonyl (C=O) groups is 8. The lowest BCUT2D eigenvalue weighted by molar-refractivity contribution is -0.126. The SMILES string of the molecule is C=CC(=O)N1CCC2(CC(n3c(NC(=O)c4ccc(-c5ccccn5)s4)nc4ccccc43)C2)C1.C=CC(=O)N1CCC2(CC(n3c(NC(=O)c4ccc(-c5ccco5)s4)nc4ccc(CO)cc43)C2)C1.C=CC(=O)N1CCC2(CC(n3c(NC(=O)c4ccc(-c5ccnc6c5C=NC6)s4)nc4ccccc43)C2)C1.C=CC(=O)N1CCC2(CC(n3c(NC(=O)c4ccc(-c5cncc(C)n5)s4)nc4ccccc43)C2)C1. The van der Waals surface area contributed by atoms with E-state index in [4.69, 9.17) is 24.4 Å². The molecule has 16 aromatic rings. The highest BCUT2D eigenvalue weighted by molar-refractivity contribution is 7.18. The minimum atomic E-state index is -0.227. The van der Waals surface area contributed by atoms with Gasteiger partial charge in [-0.2, -0.15) is 0 Å². The minimum Gasteiger partial charge on any atom is -0.464 e. The number of carbonyl (C=O) groups excluding carboxylic acids is 8. The molecular formula is C110H103N21O10S4. The number of likely N-dealkylation sites (tertiary alicyclic amines) is 4. The number of rotatable bonds is 21. The number of anilines is 4. The number of fused-ring (bicyclic) bond motifs is 5. The molecule has 8 fully saturated rings. The number of nitrogens with zero attached hydrogens (tertiary/aromatic N) is 17. The van der Waals surface area contributed by atoms with Crippen LogP contribution in [-0.2, 0) is 32.3 Å². The second-order valence-corrected chi connectivity index (χ2v) is 43.5. The van der Waals surface area contributed by atoms with Crippen LogP contribution in [0.25, 0.3) is 86.4 Å². The summed E-state index contributed by atoms with van der Waals surface area (Å²) in [6, 6.07) is 56.8. The molecule has 732 valence electrons. The van der Waals surface area contributed by atoms with Gasteiger partial charge < -0.3 is 47.4 Å². The molecule has 0 radical (unpaired) electrons. The zero-order valence-corrected chi connectivity index (χ0v) is 82.8. The maximum atomic E-state index is 13.4. The monoisotopic (exact) mass is 2010 g/mol. The molecule has 4 saturated heterocycles. The molecule has 35 heteroatoms. The molecule has 4 saturated carbocycles. The number of benzene rings is 4. The second-order valence-electron chi connectivity index (χ2n) is 39.2. The van der Waals surface area contributed by atoms with Crippen molar-refractivity contribution >= 4 is 167 Å². The first kappa shape index (κ1) is 94.5. The van der Waals surface area contributed by atoms with Gasteiger partial charge in [-0.25, -0.2) is 24.9 Å². The van der Waals surface area contributed by atoms with E-state index in [1.165, 1.54) is 69.7 Å². The van der Waals surface area contributed by atoms with Gasteiger partial charge in [-0.05, 0) is 263 Å². The number of aliphatic hydroxyl groups excluding tert-OH is 1. The molecule has 145 heavy (non-hydrogen) atoms. The number of aryl methyl sites for hydroxylation is 1. The summed E-state index contributed by atoms with van der Waals surface area (Å²) in [5.41, 5.74) is 14.0. The van der Waals surface area contributed by atoms with E-state index in [1.807, 2.05) is 190 Å². The van der Waals surface area contributed by atoms with Crippen LogP contribution < -0.4 is 21.3 Å². The summed E-state index contributed by atoms with van der Waals surface area (Å²) in [5.74, 6) is 2.15. The Morgan fingerprint density at radius 3 is 1.21 bits per heavy atom. The van der Waals surface area contributed by atoms with Gasteiger partial charge in [0, 0.05) is 117 Å². The van der Waals surface area contributed by atoms with Crippen LogP contribution in [-0.4, -0.2) is 189 Å². The molecule has 17 heterocycles. The van der Waals surface area contributed by atoms with Crippen molar-refractivity contribution < 1.29 is 47.9 Å². The van der Waals surface area contributed by atoms with E-state index in [1.54, 1.807) is 37.1 Å². The number of aliphatic hydroxyl groups is 1. The minimum absolute atomic E-state index is 0.00307. The summed E-state index contributed by atoms with van der Waals surface area (Å²) in [6.45, 7) is 23.0. The van der Waals surface area contributed by atoms with Gasteiger partial charge in [0.1, 0.15) is 5.76 Å². The summed E-state index contributed by atoms with van der Waals surface area (Å²) >= 11 is 5.62. The van der Waals surface area contributed by atoms with Gasteiger partial charge in [0.05, 0.1) is 127 Å². The lowest BCUT2D eigenvalue weighted by atomic mass is 9.64. The largest absolute Gasteiger partial charge is 0.464 e. The van der Waals surface area contributed by atoms with Crippen LogP contribution in [0, 0.1) is 28.6 Å². The lowest BCUT2D eigenvalue weighted by Gasteiger charge is -2.46. The average molecular weight is 2010 g/mol. The van der Waals surface area contributed by atoms with Crippen LogP contribution in [0.15, 0.2) is 267 Å². The maximum Gasteiger partial charge on any atom is 0.268 e. The first-order chi connectivity index (χ1) is 70.5. The predicted molar refractivity (Wildman–Crippen MR) is 564 cm³/mol. The number of imidazole rings is 4. The van der Waals surface area contributed by atoms with Crippen molar-refractivity contribution in [1.29, 1.82) is 0 Å². The Labute approximate surface area is 850 Å². The Kier molecular flexibility index (Phi) is 25.4. The van der Waals surface area contributed by atoms with Gasteiger partial charge in [-0.1, -0.05) is 74.8 Å². The highest BCUT2D eigenvalue weighted by Crippen LogP contribution is 2.60. The number of pyridine rings is 2. The first-order valence-corrected chi connectivity index (χ1v) is 51.8. The number of aliphatic imine (C=N–C) groups is 1. The van der Waals surface area contributed by atoms with E-state index >= 15 is 0 Å². The van der Waals surface area contributed by atoms with Crippen molar-refractivity contribution in [1.82, 2.24) is 77.7 Å². The molecule has 25 rings (SSSR count). The normalized spacial score (nSPS) is 21.3. The predicted octanol–water partition coefficient (Wildman–Crippen LogP) is 19.9. The molecule has 5 aliphatic heterocycles. The molecule has 5 N–H and O–H groups in total. The summed E-state index contributed by atoms with van der Waals surface area (Å²) in [5, 5.41) is 22.0. The Bertz CT molecular complexity index is 7860. The zero-order valence-electron chi connectivity index (χ0n) is 79.6. The van der Waals surface area contributed by atoms with Gasteiger partial charge in [0.15, 0.2) is 0 Å². The topological polar surface area (TPSA) is 366 Å². The molecule has 9 aliphatic rings. The maximum absolute atomic E-state index is 13.4. The number of hydrogen-bond acceptors (Lipinski definition) is 23. The van der Waals surface area contributed by atoms with Crippen LogP contribution in [0.2, 0.25) is 0 Å². The van der Waals surface area contributed by atoms with Crippen LogP contribution in [0.1, 0.15) is 162 Å². The smallest absolute Gasteiger partial charge is 0.268 e. The zero-order chi connectivity index (χ0) is 99.6. The molecule has 4 aromatic carbocycles. The fraction of sp³-hybridized carbons (Fsp3) is 0.282. The molecule has 4 spiro atoms. The molecule has 0 unspecified atom stereocenters. The number of furan rings is 1. The highest BCUT2D eigenvalue weighted by atomic mass is 32.1. The van der Waals surface area contributed by atoms with Crippen LogP contribution in [0.5, 0.6) is 0 Å². The van der Waals surface area contributed by atoms with E-state index in [-0.39, 0.29) is 99.7 Å². The number of hydrogen-bond donors (Lipinski definition) is 5. The number of thiophene rings is 4. The van der Waals surface area contributed by atoms with Gasteiger partial charge in [0.25, 0.3) is 23.6 Å². The molecule has 8 amide bonds. The molecule has 0 bridgehead atoms. The third-order valence-electron chi connectivity index (χ3n) is 29.9. The quantitative estimate of drug-likeness (QED) is 0.0417. The number of nitrogens with one attached hydrogen (secondary N) is 4. The van der Waals surface area contributed by atoms with Gasteiger partial charge in [0.2, 0.25) is 47.4 Å². The van der Waals surface area contributed by atoms with Gasteiger partial charge >= 0.3 is 0 Å². The van der Waals surface area contributed by atoms with E-state index in [9.17, 15) is 43.5 Å². The number of aromatic nitrogens is 12. The summed E-state index contributed by atoms with van der Waals surface area (Å²) < 4.78 is 14.1. The Morgan fingerprint density at radius 2 is 0.807 bits per heavy atom. The number of amides is 8. The fourth-order valence-corrected chi connectivity index (χ4v) is 26.4.